The molecule has 0 fully saturated rings. The summed E-state index contributed by atoms with van der Waals surface area (Å²) < 4.78 is 46.1. The molecule has 0 radical (unpaired) electrons. The molecule has 2 aromatic carbocycles. The number of nitrogens with one attached hydrogen (secondary N) is 1. The molecule has 0 saturated carbocycles. The molecular formula is C16H14ClFN2O6S. The number of ether oxygens (including phenoxy) is 1. The van der Waals surface area contributed by atoms with Gasteiger partial charge in [0, 0.05) is 5.69 Å². The van der Waals surface area contributed by atoms with Gasteiger partial charge in [-0.15, -0.1) is 0 Å². The van der Waals surface area contributed by atoms with Crippen molar-refractivity contribution in [1.29, 1.82) is 0 Å². The number of aliphatic hydroxyl groups excluding tert-OH is 1. The molecule has 2 aromatic rings. The Hall–Kier alpha value is -2.56. The molecule has 3 rings (SSSR count). The predicted molar refractivity (Wildman–Crippen MR) is 95.5 cm³/mol. The molecule has 1 atom stereocenters. The number of carbonyl (C=O) groups is 1. The molecule has 1 unspecified atom stereocenters. The van der Waals surface area contributed by atoms with Gasteiger partial charge in [0.25, 0.3) is 10.0 Å². The van der Waals surface area contributed by atoms with Crippen molar-refractivity contribution in [2.24, 2.45) is 0 Å². The molecule has 1 amide bonds. The average Bonchev–Trinajstić information content (AvgIpc) is 2.62. The van der Waals surface area contributed by atoms with E-state index in [4.69, 9.17) is 21.4 Å². The number of benzene rings is 2. The third kappa shape index (κ3) is 3.77. The van der Waals surface area contributed by atoms with Gasteiger partial charge in [-0.05, 0) is 36.4 Å². The summed E-state index contributed by atoms with van der Waals surface area (Å²) in [6.45, 7) is -0.665. The first-order chi connectivity index (χ1) is 12.7. The second-order valence-corrected chi connectivity index (χ2v) is 7.92. The summed E-state index contributed by atoms with van der Waals surface area (Å²) in [5, 5.41) is 20.0. The Morgan fingerprint density at radius 1 is 1.33 bits per heavy atom. The van der Waals surface area contributed by atoms with Gasteiger partial charge in [0.2, 0.25) is 0 Å². The summed E-state index contributed by atoms with van der Waals surface area (Å²) in [4.78, 5) is 10.6. The number of nitrogens with zero attached hydrogens (tertiary/aromatic N) is 1. The number of amides is 1. The first-order valence-electron chi connectivity index (χ1n) is 7.61. The second kappa shape index (κ2) is 7.22. The molecule has 0 spiro atoms. The van der Waals surface area contributed by atoms with E-state index < -0.39 is 34.6 Å². The first-order valence-corrected chi connectivity index (χ1v) is 9.43. The predicted octanol–water partition coefficient (Wildman–Crippen LogP) is 2.52. The molecule has 1 heterocycles. The Morgan fingerprint density at radius 3 is 2.70 bits per heavy atom. The summed E-state index contributed by atoms with van der Waals surface area (Å²) in [5.74, 6) is -0.618. The lowest BCUT2D eigenvalue weighted by Gasteiger charge is -2.35. The number of halogens is 2. The van der Waals surface area contributed by atoms with Crippen molar-refractivity contribution < 1.29 is 32.6 Å². The van der Waals surface area contributed by atoms with Gasteiger partial charge >= 0.3 is 6.09 Å². The molecule has 0 aliphatic carbocycles. The number of carboxylic acid groups (broad SMARTS) is 1. The lowest BCUT2D eigenvalue weighted by Crippen LogP contribution is -2.45. The second-order valence-electron chi connectivity index (χ2n) is 5.65. The van der Waals surface area contributed by atoms with Crippen molar-refractivity contribution >= 4 is 39.1 Å². The van der Waals surface area contributed by atoms with Crippen LogP contribution < -0.4 is 14.4 Å². The monoisotopic (exact) mass is 416 g/mol. The summed E-state index contributed by atoms with van der Waals surface area (Å²) in [7, 11) is -4.19. The molecule has 0 saturated heterocycles. The SMILES string of the molecule is O=C(O)Nc1ccc2c(c1)N(S(=O)(=O)c1ccc(F)c(Cl)c1)CC(CO)O2. The summed E-state index contributed by atoms with van der Waals surface area (Å²) >= 11 is 5.70. The van der Waals surface area contributed by atoms with E-state index in [2.05, 4.69) is 5.32 Å². The molecule has 0 bridgehead atoms. The highest BCUT2D eigenvalue weighted by Gasteiger charge is 2.35. The maximum absolute atomic E-state index is 13.4. The molecule has 1 aliphatic heterocycles. The van der Waals surface area contributed by atoms with Gasteiger partial charge in [-0.25, -0.2) is 17.6 Å². The fourth-order valence-corrected chi connectivity index (χ4v) is 4.37. The third-order valence-electron chi connectivity index (χ3n) is 3.82. The van der Waals surface area contributed by atoms with Gasteiger partial charge in [0.15, 0.2) is 0 Å². The van der Waals surface area contributed by atoms with E-state index in [1.54, 1.807) is 0 Å². The van der Waals surface area contributed by atoms with Crippen molar-refractivity contribution in [1.82, 2.24) is 0 Å². The molecule has 0 aromatic heterocycles. The maximum Gasteiger partial charge on any atom is 0.409 e. The van der Waals surface area contributed by atoms with Gasteiger partial charge in [-0.1, -0.05) is 11.6 Å². The van der Waals surface area contributed by atoms with Crippen molar-refractivity contribution in [2.75, 3.05) is 22.8 Å². The normalized spacial score (nSPS) is 16.4. The number of fused-ring (bicyclic) bond motifs is 1. The number of hydrogen-bond donors (Lipinski definition) is 3. The van der Waals surface area contributed by atoms with Crippen LogP contribution in [0.3, 0.4) is 0 Å². The zero-order valence-electron chi connectivity index (χ0n) is 13.6. The van der Waals surface area contributed by atoms with E-state index in [1.807, 2.05) is 0 Å². The lowest BCUT2D eigenvalue weighted by atomic mass is 10.2. The quantitative estimate of drug-likeness (QED) is 0.705. The largest absolute Gasteiger partial charge is 0.484 e. The molecule has 11 heteroatoms. The van der Waals surface area contributed by atoms with Crippen molar-refractivity contribution in [3.63, 3.8) is 0 Å². The molecule has 1 aliphatic rings. The Balaban J connectivity index is 2.10. The smallest absolute Gasteiger partial charge is 0.409 e. The minimum atomic E-state index is -4.19. The molecule has 8 nitrogen and oxygen atoms in total. The lowest BCUT2D eigenvalue weighted by molar-refractivity contribution is 0.116. The zero-order valence-corrected chi connectivity index (χ0v) is 15.2. The van der Waals surface area contributed by atoms with Crippen LogP contribution in [0, 0.1) is 5.82 Å². The highest BCUT2D eigenvalue weighted by atomic mass is 35.5. The van der Waals surface area contributed by atoms with Gasteiger partial charge in [-0.2, -0.15) is 0 Å². The number of sulfonamides is 1. The van der Waals surface area contributed by atoms with E-state index in [1.165, 1.54) is 18.2 Å². The molecule has 3 N–H and O–H groups in total. The van der Waals surface area contributed by atoms with Crippen LogP contribution in [0.2, 0.25) is 5.02 Å². The van der Waals surface area contributed by atoms with Crippen LogP contribution in [-0.2, 0) is 10.0 Å². The number of hydrogen-bond acceptors (Lipinski definition) is 5. The maximum atomic E-state index is 13.4. The number of aliphatic hydroxyl groups is 1. The van der Waals surface area contributed by atoms with Crippen molar-refractivity contribution in [3.8, 4) is 5.75 Å². The Morgan fingerprint density at radius 2 is 2.07 bits per heavy atom. The zero-order chi connectivity index (χ0) is 19.8. The molecular weight excluding hydrogens is 403 g/mol. The first kappa shape index (κ1) is 19.2. The van der Waals surface area contributed by atoms with Gasteiger partial charge in [0.1, 0.15) is 17.7 Å². The average molecular weight is 417 g/mol. The van der Waals surface area contributed by atoms with Crippen LogP contribution in [0.25, 0.3) is 0 Å². The van der Waals surface area contributed by atoms with Crippen LogP contribution in [0.15, 0.2) is 41.3 Å². The minimum Gasteiger partial charge on any atom is -0.484 e. The van der Waals surface area contributed by atoms with Crippen LogP contribution in [0.5, 0.6) is 5.75 Å². The van der Waals surface area contributed by atoms with E-state index in [0.29, 0.717) is 0 Å². The molecule has 144 valence electrons. The fourth-order valence-electron chi connectivity index (χ4n) is 2.60. The topological polar surface area (TPSA) is 116 Å². The van der Waals surface area contributed by atoms with E-state index in [9.17, 15) is 22.7 Å². The fraction of sp³-hybridized carbons (Fsp3) is 0.188. The highest BCUT2D eigenvalue weighted by Crippen LogP contribution is 2.39. The number of anilines is 2. The Kier molecular flexibility index (Phi) is 5.13. The molecule has 27 heavy (non-hydrogen) atoms. The van der Waals surface area contributed by atoms with Gasteiger partial charge in [-0.3, -0.25) is 9.62 Å². The van der Waals surface area contributed by atoms with Gasteiger partial charge < -0.3 is 14.9 Å². The third-order valence-corrected chi connectivity index (χ3v) is 5.89. The highest BCUT2D eigenvalue weighted by molar-refractivity contribution is 7.92. The van der Waals surface area contributed by atoms with E-state index in [-0.39, 0.29) is 33.6 Å². The van der Waals surface area contributed by atoms with Crippen molar-refractivity contribution in [3.05, 3.63) is 47.2 Å². The Bertz CT molecular complexity index is 1000. The van der Waals surface area contributed by atoms with Gasteiger partial charge in [0.05, 0.1) is 28.8 Å². The van der Waals surface area contributed by atoms with E-state index >= 15 is 0 Å². The standard InChI is InChI=1S/C16H14ClFN2O6S/c17-12-6-11(2-3-13(12)18)27(24,25)20-7-10(8-21)26-15-4-1-9(5-14(15)20)19-16(22)23/h1-6,10,19,21H,7-8H2,(H,22,23). The van der Waals surface area contributed by atoms with E-state index in [0.717, 1.165) is 22.5 Å². The van der Waals surface area contributed by atoms with Crippen molar-refractivity contribution in [2.45, 2.75) is 11.0 Å². The number of rotatable bonds is 4. The van der Waals surface area contributed by atoms with Crippen LogP contribution in [0.4, 0.5) is 20.6 Å². The summed E-state index contributed by atoms with van der Waals surface area (Å²) in [5.41, 5.74) is 0.205. The Labute approximate surface area is 158 Å². The summed E-state index contributed by atoms with van der Waals surface area (Å²) in [6, 6.07) is 7.06. The van der Waals surface area contributed by atoms with Crippen LogP contribution >= 0.6 is 11.6 Å². The summed E-state index contributed by atoms with van der Waals surface area (Å²) in [6.07, 6.45) is -2.15. The van der Waals surface area contributed by atoms with Crippen LogP contribution in [-0.4, -0.2) is 44.0 Å². The van der Waals surface area contributed by atoms with Crippen LogP contribution in [0.1, 0.15) is 0 Å². The minimum absolute atomic E-state index is 0.0754.